The normalized spacial score (nSPS) is 12.7. The van der Waals surface area contributed by atoms with Crippen LogP contribution in [0.25, 0.3) is 22.4 Å². The summed E-state index contributed by atoms with van der Waals surface area (Å²) in [6.07, 6.45) is 1.56. The van der Waals surface area contributed by atoms with Crippen molar-refractivity contribution >= 4 is 17.6 Å². The van der Waals surface area contributed by atoms with E-state index in [1.165, 1.54) is 24.1 Å². The molecule has 0 fully saturated rings. The number of halogens is 2. The zero-order valence-electron chi connectivity index (χ0n) is 17.3. The van der Waals surface area contributed by atoms with Gasteiger partial charge >= 0.3 is 5.97 Å². The highest BCUT2D eigenvalue weighted by Crippen LogP contribution is 2.36. The molecule has 164 valence electrons. The van der Waals surface area contributed by atoms with Crippen LogP contribution < -0.4 is 4.90 Å². The number of fused-ring (bicyclic) bond motifs is 1. The van der Waals surface area contributed by atoms with E-state index in [0.29, 0.717) is 28.1 Å². The molecule has 0 atom stereocenters. The van der Waals surface area contributed by atoms with Crippen LogP contribution in [0.15, 0.2) is 60.8 Å². The van der Waals surface area contributed by atoms with Crippen LogP contribution in [0.5, 0.6) is 0 Å². The summed E-state index contributed by atoms with van der Waals surface area (Å²) < 4.78 is 32.1. The molecule has 0 radical (unpaired) electrons. The van der Waals surface area contributed by atoms with E-state index in [0.717, 1.165) is 23.3 Å². The average Bonchev–Trinajstić information content (AvgIpc) is 3.48. The fourth-order valence-corrected chi connectivity index (χ4v) is 3.89. The van der Waals surface area contributed by atoms with Crippen LogP contribution in [0.1, 0.15) is 26.3 Å². The molecule has 0 saturated carbocycles. The Labute approximate surface area is 186 Å². The van der Waals surface area contributed by atoms with Crippen molar-refractivity contribution in [1.29, 1.82) is 0 Å². The van der Waals surface area contributed by atoms with Gasteiger partial charge in [-0.2, -0.15) is 15.4 Å². The van der Waals surface area contributed by atoms with Crippen molar-refractivity contribution in [2.45, 2.75) is 6.54 Å². The first-order valence-electron chi connectivity index (χ1n) is 9.95. The van der Waals surface area contributed by atoms with Gasteiger partial charge in [-0.1, -0.05) is 24.3 Å². The molecule has 7 nitrogen and oxygen atoms in total. The lowest BCUT2D eigenvalue weighted by Gasteiger charge is -2.20. The predicted octanol–water partition coefficient (Wildman–Crippen LogP) is 4.36. The third-order valence-electron chi connectivity index (χ3n) is 5.57. The summed E-state index contributed by atoms with van der Waals surface area (Å²) in [5, 5.41) is 10.4. The molecule has 2 heterocycles. The molecule has 0 spiro atoms. The number of nitrogens with one attached hydrogen (secondary N) is 1. The van der Waals surface area contributed by atoms with Crippen LogP contribution in [-0.2, 0) is 11.3 Å². The summed E-state index contributed by atoms with van der Waals surface area (Å²) in [5.74, 6) is -2.87. The minimum absolute atomic E-state index is 0.182. The van der Waals surface area contributed by atoms with Crippen LogP contribution in [0, 0.1) is 11.6 Å². The number of hydrogen-bond acceptors (Lipinski definition) is 5. The molecular weight excluding hydrogens is 430 g/mol. The third-order valence-corrected chi connectivity index (χ3v) is 5.57. The zero-order chi connectivity index (χ0) is 23.1. The van der Waals surface area contributed by atoms with E-state index in [2.05, 4.69) is 15.4 Å². The first-order chi connectivity index (χ1) is 16.0. The van der Waals surface area contributed by atoms with Crippen LogP contribution >= 0.6 is 0 Å². The Bertz CT molecular complexity index is 1400. The molecule has 1 aliphatic rings. The molecule has 5 rings (SSSR count). The second kappa shape index (κ2) is 7.94. The van der Waals surface area contributed by atoms with Crippen LogP contribution in [0.2, 0.25) is 0 Å². The molecule has 1 amide bonds. The summed E-state index contributed by atoms with van der Waals surface area (Å²) in [7, 11) is 1.25. The van der Waals surface area contributed by atoms with Crippen LogP contribution in [0.3, 0.4) is 0 Å². The number of hydrogen-bond donors (Lipinski definition) is 1. The number of aromatic nitrogens is 3. The molecule has 33 heavy (non-hydrogen) atoms. The number of amides is 1. The van der Waals surface area contributed by atoms with Gasteiger partial charge in [0.25, 0.3) is 5.91 Å². The van der Waals surface area contributed by atoms with Gasteiger partial charge in [-0.05, 0) is 47.0 Å². The number of aromatic amines is 1. The van der Waals surface area contributed by atoms with Gasteiger partial charge in [-0.15, -0.1) is 0 Å². The van der Waals surface area contributed by atoms with Crippen LogP contribution in [-0.4, -0.2) is 34.4 Å². The number of rotatable bonds is 4. The topological polar surface area (TPSA) is 88.2 Å². The number of H-pyrrole nitrogens is 1. The number of esters is 1. The molecule has 3 aromatic carbocycles. The molecule has 0 bridgehead atoms. The van der Waals surface area contributed by atoms with Crippen molar-refractivity contribution in [3.63, 3.8) is 0 Å². The Morgan fingerprint density at radius 3 is 2.48 bits per heavy atom. The van der Waals surface area contributed by atoms with Gasteiger partial charge in [0.05, 0.1) is 31.1 Å². The summed E-state index contributed by atoms with van der Waals surface area (Å²) in [6, 6.07) is 13.6. The Morgan fingerprint density at radius 2 is 1.76 bits per heavy atom. The molecular formula is C24H16F2N4O3. The first-order valence-corrected chi connectivity index (χ1v) is 9.95. The van der Waals surface area contributed by atoms with Gasteiger partial charge in [0, 0.05) is 11.1 Å². The third kappa shape index (κ3) is 3.53. The maximum Gasteiger partial charge on any atom is 0.339 e. The first kappa shape index (κ1) is 20.5. The molecule has 0 unspecified atom stereocenters. The highest BCUT2D eigenvalue weighted by molar-refractivity contribution is 6.13. The van der Waals surface area contributed by atoms with Crippen molar-refractivity contribution in [3.05, 3.63) is 89.1 Å². The fraction of sp³-hybridized carbons (Fsp3) is 0.0833. The van der Waals surface area contributed by atoms with Gasteiger partial charge in [0.15, 0.2) is 11.6 Å². The van der Waals surface area contributed by atoms with E-state index in [1.54, 1.807) is 24.4 Å². The fourth-order valence-electron chi connectivity index (χ4n) is 3.89. The number of carbonyl (C=O) groups is 2. The second-order valence-electron chi connectivity index (χ2n) is 7.47. The standard InChI is InChI=1S/C24H16F2N4O3/c1-33-24(32)17-6-4-14(13-5-7-19(25)20(26)9-13)10-22(17)30-12-16-3-2-15(8-18(16)23(30)31)21-11-27-29-28-21/h2-11H,12H2,1H3,(H,27,28,29). The maximum absolute atomic E-state index is 13.8. The molecule has 1 N–H and O–H groups in total. The number of nitrogens with zero attached hydrogens (tertiary/aromatic N) is 3. The van der Waals surface area contributed by atoms with Crippen molar-refractivity contribution in [2.24, 2.45) is 0 Å². The molecule has 1 aliphatic heterocycles. The predicted molar refractivity (Wildman–Crippen MR) is 115 cm³/mol. The number of ether oxygens (including phenoxy) is 1. The lowest BCUT2D eigenvalue weighted by Crippen LogP contribution is -2.25. The minimum atomic E-state index is -0.990. The number of benzene rings is 3. The van der Waals surface area contributed by atoms with Crippen LogP contribution in [0.4, 0.5) is 14.5 Å². The summed E-state index contributed by atoms with van der Waals surface area (Å²) in [6.45, 7) is 0.235. The largest absolute Gasteiger partial charge is 0.465 e. The summed E-state index contributed by atoms with van der Waals surface area (Å²) >= 11 is 0. The van der Waals surface area contributed by atoms with Crippen molar-refractivity contribution in [3.8, 4) is 22.4 Å². The molecule has 4 aromatic rings. The second-order valence-corrected chi connectivity index (χ2v) is 7.47. The van der Waals surface area contributed by atoms with E-state index in [4.69, 9.17) is 4.74 Å². The van der Waals surface area contributed by atoms with Crippen molar-refractivity contribution < 1.29 is 23.1 Å². The Hall–Kier alpha value is -4.40. The Morgan fingerprint density at radius 1 is 1.00 bits per heavy atom. The van der Waals surface area contributed by atoms with Gasteiger partial charge in [0.2, 0.25) is 0 Å². The van der Waals surface area contributed by atoms with Gasteiger partial charge in [-0.25, -0.2) is 13.6 Å². The smallest absolute Gasteiger partial charge is 0.339 e. The number of carbonyl (C=O) groups excluding carboxylic acids is 2. The van der Waals surface area contributed by atoms with E-state index >= 15 is 0 Å². The summed E-state index contributed by atoms with van der Waals surface area (Å²) in [4.78, 5) is 27.3. The van der Waals surface area contributed by atoms with Gasteiger partial charge in [-0.3, -0.25) is 4.79 Å². The molecule has 1 aromatic heterocycles. The van der Waals surface area contributed by atoms with E-state index < -0.39 is 17.6 Å². The average molecular weight is 446 g/mol. The van der Waals surface area contributed by atoms with E-state index in [1.807, 2.05) is 12.1 Å². The Balaban J connectivity index is 1.58. The lowest BCUT2D eigenvalue weighted by molar-refractivity contribution is 0.0601. The lowest BCUT2D eigenvalue weighted by atomic mass is 10.0. The van der Waals surface area contributed by atoms with Crippen molar-refractivity contribution in [1.82, 2.24) is 15.4 Å². The Kier molecular flexibility index (Phi) is 4.93. The van der Waals surface area contributed by atoms with Crippen molar-refractivity contribution in [2.75, 3.05) is 12.0 Å². The van der Waals surface area contributed by atoms with E-state index in [9.17, 15) is 18.4 Å². The number of methoxy groups -OCH3 is 1. The summed E-state index contributed by atoms with van der Waals surface area (Å²) in [5.41, 5.74) is 3.99. The quantitative estimate of drug-likeness (QED) is 0.471. The zero-order valence-corrected chi connectivity index (χ0v) is 17.3. The number of anilines is 1. The molecule has 9 heteroatoms. The minimum Gasteiger partial charge on any atom is -0.465 e. The van der Waals surface area contributed by atoms with Gasteiger partial charge < -0.3 is 9.64 Å². The maximum atomic E-state index is 13.8. The SMILES string of the molecule is COC(=O)c1ccc(-c2ccc(F)c(F)c2)cc1N1Cc2ccc(-c3cn[nH]n3)cc2C1=O. The van der Waals surface area contributed by atoms with Gasteiger partial charge in [0.1, 0.15) is 5.69 Å². The molecule has 0 saturated heterocycles. The molecule has 0 aliphatic carbocycles. The highest BCUT2D eigenvalue weighted by Gasteiger charge is 2.32. The monoisotopic (exact) mass is 446 g/mol. The highest BCUT2D eigenvalue weighted by atomic mass is 19.2. The van der Waals surface area contributed by atoms with E-state index in [-0.39, 0.29) is 18.0 Å².